The van der Waals surface area contributed by atoms with Gasteiger partial charge < -0.3 is 14.8 Å². The monoisotopic (exact) mass is 289 g/mol. The average Bonchev–Trinajstić information content (AvgIpc) is 2.32. The molecule has 0 aromatic heterocycles. The highest BCUT2D eigenvalue weighted by molar-refractivity contribution is 5.85. The highest BCUT2D eigenvalue weighted by atomic mass is 35.5. The summed E-state index contributed by atoms with van der Waals surface area (Å²) in [5.74, 6) is 0.0323. The van der Waals surface area contributed by atoms with Gasteiger partial charge in [0.1, 0.15) is 18.2 Å². The molecule has 1 aliphatic rings. The largest absolute Gasteiger partial charge is 0.496 e. The predicted molar refractivity (Wildman–Crippen MR) is 71.2 cm³/mol. The third-order valence-electron chi connectivity index (χ3n) is 3.14. The van der Waals surface area contributed by atoms with Crippen LogP contribution >= 0.6 is 12.4 Å². The van der Waals surface area contributed by atoms with E-state index in [4.69, 9.17) is 9.47 Å². The molecule has 1 aromatic rings. The number of alkyl carbamates (subject to hydrolysis) is 1. The first-order valence-corrected chi connectivity index (χ1v) is 5.71. The maximum atomic E-state index is 14.0. The van der Waals surface area contributed by atoms with Crippen molar-refractivity contribution in [2.75, 3.05) is 13.7 Å². The number of nitrogens with one attached hydrogen (secondary N) is 1. The topological polar surface area (TPSA) is 47.6 Å². The van der Waals surface area contributed by atoms with Gasteiger partial charge in [-0.15, -0.1) is 12.4 Å². The van der Waals surface area contributed by atoms with E-state index in [1.54, 1.807) is 12.1 Å². The Hall–Kier alpha value is -1.49. The highest BCUT2D eigenvalue weighted by Crippen LogP contribution is 2.41. The van der Waals surface area contributed by atoms with Gasteiger partial charge in [-0.05, 0) is 12.1 Å². The van der Waals surface area contributed by atoms with Gasteiger partial charge in [0.25, 0.3) is 0 Å². The summed E-state index contributed by atoms with van der Waals surface area (Å²) in [4.78, 5) is 11.3. The third-order valence-corrected chi connectivity index (χ3v) is 3.14. The van der Waals surface area contributed by atoms with E-state index in [1.165, 1.54) is 13.2 Å². The number of ether oxygens (including phenoxy) is 2. The first-order valence-electron chi connectivity index (χ1n) is 5.71. The third kappa shape index (κ3) is 2.92. The van der Waals surface area contributed by atoms with E-state index in [1.807, 2.05) is 13.8 Å². The second-order valence-corrected chi connectivity index (χ2v) is 5.00. The molecule has 0 saturated carbocycles. The van der Waals surface area contributed by atoms with Crippen molar-refractivity contribution in [3.05, 3.63) is 29.6 Å². The lowest BCUT2D eigenvalue weighted by Crippen LogP contribution is -2.47. The normalized spacial score (nSPS) is 20.8. The molecule has 6 heteroatoms. The SMILES string of the molecule is COc1cccc(F)c1[C@@H]1NC(=O)OCC1(C)C.Cl. The fraction of sp³-hybridized carbons (Fsp3) is 0.462. The van der Waals surface area contributed by atoms with Gasteiger partial charge >= 0.3 is 6.09 Å². The summed E-state index contributed by atoms with van der Waals surface area (Å²) >= 11 is 0. The molecule has 1 fully saturated rings. The molecular weight excluding hydrogens is 273 g/mol. The number of hydrogen-bond acceptors (Lipinski definition) is 3. The molecule has 1 heterocycles. The van der Waals surface area contributed by atoms with Gasteiger partial charge in [0.15, 0.2) is 0 Å². The van der Waals surface area contributed by atoms with Crippen LogP contribution < -0.4 is 10.1 Å². The molecule has 0 aliphatic carbocycles. The van der Waals surface area contributed by atoms with Gasteiger partial charge in [0.05, 0.1) is 18.7 Å². The van der Waals surface area contributed by atoms with Crippen LogP contribution in [0.1, 0.15) is 25.5 Å². The molecule has 1 saturated heterocycles. The summed E-state index contributed by atoms with van der Waals surface area (Å²) in [6.07, 6.45) is -0.537. The molecule has 1 N–H and O–H groups in total. The molecular formula is C13H17ClFNO3. The van der Waals surface area contributed by atoms with Gasteiger partial charge in [0.2, 0.25) is 0 Å². The van der Waals surface area contributed by atoms with Crippen molar-refractivity contribution in [1.29, 1.82) is 0 Å². The second kappa shape index (κ2) is 5.65. The lowest BCUT2D eigenvalue weighted by atomic mass is 9.80. The van der Waals surface area contributed by atoms with Crippen LogP contribution in [-0.4, -0.2) is 19.8 Å². The van der Waals surface area contributed by atoms with Crippen LogP contribution in [0, 0.1) is 11.2 Å². The van der Waals surface area contributed by atoms with Crippen molar-refractivity contribution in [3.63, 3.8) is 0 Å². The second-order valence-electron chi connectivity index (χ2n) is 5.00. The Morgan fingerprint density at radius 3 is 2.79 bits per heavy atom. The first kappa shape index (κ1) is 15.6. The van der Waals surface area contributed by atoms with E-state index in [0.29, 0.717) is 11.3 Å². The number of benzene rings is 1. The molecule has 106 valence electrons. The van der Waals surface area contributed by atoms with Gasteiger partial charge in [0, 0.05) is 5.41 Å². The van der Waals surface area contributed by atoms with Gasteiger partial charge in [-0.3, -0.25) is 0 Å². The predicted octanol–water partition coefficient (Wildman–Crippen LogP) is 3.06. The van der Waals surface area contributed by atoms with Crippen LogP contribution in [0.4, 0.5) is 9.18 Å². The number of carbonyl (C=O) groups excluding carboxylic acids is 1. The number of amides is 1. The quantitative estimate of drug-likeness (QED) is 0.910. The maximum Gasteiger partial charge on any atom is 0.407 e. The van der Waals surface area contributed by atoms with Crippen molar-refractivity contribution in [2.45, 2.75) is 19.9 Å². The summed E-state index contributed by atoms with van der Waals surface area (Å²) in [6, 6.07) is 4.13. The Balaban J connectivity index is 0.00000180. The lowest BCUT2D eigenvalue weighted by molar-refractivity contribution is 0.0371. The molecule has 19 heavy (non-hydrogen) atoms. The smallest absolute Gasteiger partial charge is 0.407 e. The van der Waals surface area contributed by atoms with E-state index in [2.05, 4.69) is 5.32 Å². The van der Waals surface area contributed by atoms with Crippen molar-refractivity contribution in [2.24, 2.45) is 5.41 Å². The molecule has 1 amide bonds. The Kier molecular flexibility index (Phi) is 4.63. The first-order chi connectivity index (χ1) is 8.45. The van der Waals surface area contributed by atoms with Gasteiger partial charge in [-0.25, -0.2) is 9.18 Å². The number of carbonyl (C=O) groups is 1. The summed E-state index contributed by atoms with van der Waals surface area (Å²) in [7, 11) is 1.48. The highest BCUT2D eigenvalue weighted by Gasteiger charge is 2.40. The van der Waals surface area contributed by atoms with Crippen molar-refractivity contribution >= 4 is 18.5 Å². The summed E-state index contributed by atoms with van der Waals surface area (Å²) < 4.78 is 24.1. The van der Waals surface area contributed by atoms with E-state index >= 15 is 0 Å². The Morgan fingerprint density at radius 2 is 2.16 bits per heavy atom. The number of rotatable bonds is 2. The van der Waals surface area contributed by atoms with Crippen LogP contribution in [0.3, 0.4) is 0 Å². The zero-order chi connectivity index (χ0) is 13.3. The molecule has 4 nitrogen and oxygen atoms in total. The van der Waals surface area contributed by atoms with Gasteiger partial charge in [-0.1, -0.05) is 19.9 Å². The minimum absolute atomic E-state index is 0. The van der Waals surface area contributed by atoms with E-state index in [0.717, 1.165) is 0 Å². The molecule has 0 bridgehead atoms. The summed E-state index contributed by atoms with van der Waals surface area (Å²) in [5, 5.41) is 2.66. The fourth-order valence-corrected chi connectivity index (χ4v) is 2.13. The minimum Gasteiger partial charge on any atom is -0.496 e. The zero-order valence-electron chi connectivity index (χ0n) is 11.0. The summed E-state index contributed by atoms with van der Waals surface area (Å²) in [5.41, 5.74) is -0.0507. The van der Waals surface area contributed by atoms with Crippen molar-refractivity contribution in [1.82, 2.24) is 5.32 Å². The van der Waals surface area contributed by atoms with E-state index in [-0.39, 0.29) is 19.0 Å². The minimum atomic E-state index is -0.537. The van der Waals surface area contributed by atoms with Crippen LogP contribution in [0.2, 0.25) is 0 Å². The number of halogens is 2. The van der Waals surface area contributed by atoms with Gasteiger partial charge in [-0.2, -0.15) is 0 Å². The van der Waals surface area contributed by atoms with Crippen LogP contribution in [0.25, 0.3) is 0 Å². The zero-order valence-corrected chi connectivity index (χ0v) is 11.8. The molecule has 1 aliphatic heterocycles. The number of hydrogen-bond donors (Lipinski definition) is 1. The Labute approximate surface area is 117 Å². The Morgan fingerprint density at radius 1 is 1.47 bits per heavy atom. The average molecular weight is 290 g/mol. The molecule has 0 radical (unpaired) electrons. The van der Waals surface area contributed by atoms with E-state index in [9.17, 15) is 9.18 Å². The number of cyclic esters (lactones) is 1. The summed E-state index contributed by atoms with van der Waals surface area (Å²) in [6.45, 7) is 4.05. The Bertz CT molecular complexity index is 479. The maximum absolute atomic E-state index is 14.0. The molecule has 2 rings (SSSR count). The molecule has 0 spiro atoms. The van der Waals surface area contributed by atoms with Crippen LogP contribution in [0.15, 0.2) is 18.2 Å². The van der Waals surface area contributed by atoms with Crippen LogP contribution in [-0.2, 0) is 4.74 Å². The van der Waals surface area contributed by atoms with E-state index < -0.39 is 23.4 Å². The molecule has 1 atom stereocenters. The van der Waals surface area contributed by atoms with Crippen molar-refractivity contribution < 1.29 is 18.7 Å². The molecule has 1 aromatic carbocycles. The van der Waals surface area contributed by atoms with Crippen LogP contribution in [0.5, 0.6) is 5.75 Å². The molecule has 0 unspecified atom stereocenters. The number of methoxy groups -OCH3 is 1. The lowest BCUT2D eigenvalue weighted by Gasteiger charge is -2.39. The van der Waals surface area contributed by atoms with Crippen molar-refractivity contribution in [3.8, 4) is 5.75 Å². The standard InChI is InChI=1S/C13H16FNO3.ClH/c1-13(2)7-18-12(16)15-11(13)10-8(14)5-4-6-9(10)17-3;/h4-6,11H,7H2,1-3H3,(H,15,16);1H/t11-;/m0./s1. The fourth-order valence-electron chi connectivity index (χ4n) is 2.13.